The van der Waals surface area contributed by atoms with Crippen molar-refractivity contribution in [3.63, 3.8) is 0 Å². The highest BCUT2D eigenvalue weighted by atomic mass is 16.7. The summed E-state index contributed by atoms with van der Waals surface area (Å²) in [7, 11) is 6.39. The molecule has 0 aliphatic carbocycles. The van der Waals surface area contributed by atoms with E-state index in [0.717, 1.165) is 22.5 Å². The van der Waals surface area contributed by atoms with Crippen LogP contribution in [0.4, 0.5) is 0 Å². The zero-order valence-electron chi connectivity index (χ0n) is 18.2. The fourth-order valence-electron chi connectivity index (χ4n) is 3.99. The second kappa shape index (κ2) is 7.97. The highest BCUT2D eigenvalue weighted by molar-refractivity contribution is 6.07. The van der Waals surface area contributed by atoms with Gasteiger partial charge < -0.3 is 28.4 Å². The molecule has 0 aromatic heterocycles. The van der Waals surface area contributed by atoms with Crippen LogP contribution >= 0.6 is 0 Å². The predicted molar refractivity (Wildman–Crippen MR) is 112 cm³/mol. The first-order valence-corrected chi connectivity index (χ1v) is 9.84. The minimum Gasteiger partial charge on any atom is -0.493 e. The summed E-state index contributed by atoms with van der Waals surface area (Å²) in [6, 6.07) is 5.76. The number of rotatable bonds is 6. The summed E-state index contributed by atoms with van der Waals surface area (Å²) in [5.74, 6) is 4.98. The Labute approximate surface area is 176 Å². The van der Waals surface area contributed by atoms with Crippen molar-refractivity contribution in [3.05, 3.63) is 23.8 Å². The Morgan fingerprint density at radius 1 is 0.867 bits per heavy atom. The zero-order valence-corrected chi connectivity index (χ0v) is 18.2. The lowest BCUT2D eigenvalue weighted by Crippen LogP contribution is -2.15. The molecule has 2 aromatic carbocycles. The molecule has 0 saturated carbocycles. The van der Waals surface area contributed by atoms with Gasteiger partial charge in [0.25, 0.3) is 6.61 Å². The third kappa shape index (κ3) is 3.09. The number of benzene rings is 2. The van der Waals surface area contributed by atoms with Gasteiger partial charge in [-0.1, -0.05) is 6.92 Å². The lowest BCUT2D eigenvalue weighted by molar-refractivity contribution is -0.265. The minimum atomic E-state index is 0.145. The van der Waals surface area contributed by atoms with Crippen LogP contribution in [0.15, 0.2) is 18.2 Å². The van der Waals surface area contributed by atoms with Crippen molar-refractivity contribution >= 4 is 5.78 Å². The largest absolute Gasteiger partial charge is 0.493 e. The number of ether oxygens (including phenoxy) is 6. The van der Waals surface area contributed by atoms with Gasteiger partial charge in [0.05, 0.1) is 45.8 Å². The number of hydrogen-bond acceptors (Lipinski definition) is 6. The normalized spacial score (nSPS) is 19.5. The summed E-state index contributed by atoms with van der Waals surface area (Å²) in [4.78, 5) is 0. The molecule has 2 atom stereocenters. The molecule has 2 aliphatic heterocycles. The molecule has 2 aliphatic rings. The van der Waals surface area contributed by atoms with Gasteiger partial charge in [0.15, 0.2) is 23.0 Å². The summed E-state index contributed by atoms with van der Waals surface area (Å²) in [6.45, 7) is 5.16. The summed E-state index contributed by atoms with van der Waals surface area (Å²) in [5.41, 5.74) is 2.57. The molecule has 7 nitrogen and oxygen atoms in total. The fraction of sp³-hybridized carbons (Fsp3) is 0.435. The van der Waals surface area contributed by atoms with Crippen LogP contribution in [-0.2, 0) is 0 Å². The van der Waals surface area contributed by atoms with Gasteiger partial charge in [-0.2, -0.15) is 0 Å². The van der Waals surface area contributed by atoms with Gasteiger partial charge in [-0.15, -0.1) is 0 Å². The Hall–Kier alpha value is -3.09. The van der Waals surface area contributed by atoms with Gasteiger partial charge >= 0.3 is 5.78 Å². The van der Waals surface area contributed by atoms with E-state index in [1.807, 2.05) is 18.2 Å². The van der Waals surface area contributed by atoms with Crippen LogP contribution in [0.3, 0.4) is 0 Å². The lowest BCUT2D eigenvalue weighted by atomic mass is 9.86. The van der Waals surface area contributed by atoms with Gasteiger partial charge in [-0.3, -0.25) is 4.42 Å². The fourth-order valence-corrected chi connectivity index (χ4v) is 3.99. The maximum atomic E-state index is 6.12. The highest BCUT2D eigenvalue weighted by Crippen LogP contribution is 2.52. The average Bonchev–Trinajstić information content (AvgIpc) is 3.37. The van der Waals surface area contributed by atoms with Crippen molar-refractivity contribution in [2.45, 2.75) is 13.8 Å². The summed E-state index contributed by atoms with van der Waals surface area (Å²) in [6.07, 6.45) is 0. The molecule has 0 fully saturated rings. The van der Waals surface area contributed by atoms with E-state index in [1.54, 1.807) is 28.4 Å². The molecule has 30 heavy (non-hydrogen) atoms. The number of ketones is 1. The van der Waals surface area contributed by atoms with E-state index >= 15 is 0 Å². The number of carbonyl (C=O) groups excluding carboxylic acids is 1. The third-order valence-corrected chi connectivity index (χ3v) is 5.81. The standard InChI is InChI=1S/C23H27O7/c1-12-10-28-20(13(12)2)15-9-18-22(30-11-29-18)23(27-6)19(15)14-7-16(24-3)21(26-5)17(8-14)25-4/h7-9,12-13H,10-11H2,1-6H3/q+1/t12-,13+/m1/s1. The van der Waals surface area contributed by atoms with Gasteiger partial charge in [0.2, 0.25) is 18.3 Å². The first-order valence-electron chi connectivity index (χ1n) is 9.84. The second-order valence-corrected chi connectivity index (χ2v) is 7.42. The molecular formula is C23H27O7+. The quantitative estimate of drug-likeness (QED) is 0.661. The van der Waals surface area contributed by atoms with Crippen LogP contribution in [0.25, 0.3) is 11.1 Å². The molecule has 4 rings (SSSR count). The van der Waals surface area contributed by atoms with Crippen molar-refractivity contribution in [1.29, 1.82) is 0 Å². The molecule has 0 saturated heterocycles. The Morgan fingerprint density at radius 3 is 2.07 bits per heavy atom. The Bertz CT molecular complexity index is 971. The number of fused-ring (bicyclic) bond motifs is 1. The first kappa shape index (κ1) is 20.2. The molecule has 0 unspecified atom stereocenters. The molecule has 0 radical (unpaired) electrons. The number of hydrogen-bond donors (Lipinski definition) is 0. The van der Waals surface area contributed by atoms with E-state index in [1.165, 1.54) is 0 Å². The van der Waals surface area contributed by atoms with Crippen molar-refractivity contribution in [3.8, 4) is 45.6 Å². The molecular weight excluding hydrogens is 388 g/mol. The monoisotopic (exact) mass is 415 g/mol. The molecule has 0 spiro atoms. The smallest absolute Gasteiger partial charge is 0.331 e. The molecule has 160 valence electrons. The zero-order chi connectivity index (χ0) is 21.4. The van der Waals surface area contributed by atoms with Crippen LogP contribution in [-0.4, -0.2) is 47.6 Å². The van der Waals surface area contributed by atoms with E-state index in [9.17, 15) is 0 Å². The summed E-state index contributed by atoms with van der Waals surface area (Å²) >= 11 is 0. The molecule has 0 bridgehead atoms. The van der Waals surface area contributed by atoms with Crippen molar-refractivity contribution in [1.82, 2.24) is 0 Å². The summed E-state index contributed by atoms with van der Waals surface area (Å²) in [5, 5.41) is 0. The van der Waals surface area contributed by atoms with Crippen LogP contribution in [0.1, 0.15) is 23.8 Å². The lowest BCUT2D eigenvalue weighted by Gasteiger charge is -2.18. The van der Waals surface area contributed by atoms with Crippen molar-refractivity contribution in [2.24, 2.45) is 11.8 Å². The van der Waals surface area contributed by atoms with Crippen LogP contribution in [0.2, 0.25) is 0 Å². The molecule has 0 amide bonds. The minimum absolute atomic E-state index is 0.145. The Kier molecular flexibility index (Phi) is 5.37. The molecule has 2 heterocycles. The molecule has 7 heteroatoms. The Balaban J connectivity index is 2.02. The third-order valence-electron chi connectivity index (χ3n) is 5.81. The van der Waals surface area contributed by atoms with E-state index in [2.05, 4.69) is 13.8 Å². The van der Waals surface area contributed by atoms with E-state index in [-0.39, 0.29) is 12.7 Å². The first-order chi connectivity index (χ1) is 14.5. The molecule has 0 N–H and O–H groups in total. The van der Waals surface area contributed by atoms with Gasteiger partial charge in [-0.25, -0.2) is 0 Å². The van der Waals surface area contributed by atoms with Crippen LogP contribution in [0, 0.1) is 11.8 Å². The predicted octanol–water partition coefficient (Wildman–Crippen LogP) is 4.12. The number of methoxy groups -OCH3 is 4. The highest BCUT2D eigenvalue weighted by Gasteiger charge is 2.41. The van der Waals surface area contributed by atoms with Crippen LogP contribution < -0.4 is 28.4 Å². The van der Waals surface area contributed by atoms with Gasteiger partial charge in [-0.05, 0) is 24.6 Å². The van der Waals surface area contributed by atoms with Crippen LogP contribution in [0.5, 0.6) is 34.5 Å². The maximum Gasteiger partial charge on any atom is 0.331 e. The maximum absolute atomic E-state index is 6.12. The Morgan fingerprint density at radius 2 is 1.53 bits per heavy atom. The van der Waals surface area contributed by atoms with E-state index < -0.39 is 0 Å². The summed E-state index contributed by atoms with van der Waals surface area (Å²) < 4.78 is 40.0. The van der Waals surface area contributed by atoms with Gasteiger partial charge in [0.1, 0.15) is 0 Å². The van der Waals surface area contributed by atoms with E-state index in [4.69, 9.17) is 32.8 Å². The van der Waals surface area contributed by atoms with Crippen molar-refractivity contribution in [2.75, 3.05) is 41.8 Å². The van der Waals surface area contributed by atoms with E-state index in [0.29, 0.717) is 47.0 Å². The SMILES string of the molecule is COc1cc(-c2c(C3=[O+]C[C@@H](C)[C@@H]3C)cc3c(c2OC)OCO3)cc(OC)c1OC. The molecule has 2 aromatic rings. The second-order valence-electron chi connectivity index (χ2n) is 7.42. The topological polar surface area (TPSA) is 66.7 Å². The van der Waals surface area contributed by atoms with Crippen molar-refractivity contribution < 1.29 is 32.8 Å². The average molecular weight is 415 g/mol. The van der Waals surface area contributed by atoms with Gasteiger partial charge in [0, 0.05) is 11.6 Å².